The molecule has 202 valence electrons. The van der Waals surface area contributed by atoms with Gasteiger partial charge in [0.2, 0.25) is 11.8 Å². The average Bonchev–Trinajstić information content (AvgIpc) is 2.78. The fraction of sp³-hybridized carbons (Fsp3) is 0.690. The molecular weight excluding hydrogens is 454 g/mol. The number of nitrogens with one attached hydrogen (secondary N) is 2. The van der Waals surface area contributed by atoms with Crippen LogP contribution in [0.1, 0.15) is 104 Å². The van der Waals surface area contributed by atoms with Gasteiger partial charge in [-0.2, -0.15) is 0 Å². The lowest BCUT2D eigenvalue weighted by molar-refractivity contribution is -0.143. The molecule has 7 heteroatoms. The second-order valence-corrected chi connectivity index (χ2v) is 11.6. The third kappa shape index (κ3) is 9.82. The van der Waals surface area contributed by atoms with E-state index >= 15 is 0 Å². The monoisotopic (exact) mass is 501 g/mol. The van der Waals surface area contributed by atoms with E-state index in [1.807, 2.05) is 38.1 Å². The molecule has 1 aromatic carbocycles. The summed E-state index contributed by atoms with van der Waals surface area (Å²) in [6.07, 6.45) is 6.36. The van der Waals surface area contributed by atoms with Crippen molar-refractivity contribution >= 4 is 17.9 Å². The second kappa shape index (κ2) is 13.7. The molecule has 1 fully saturated rings. The van der Waals surface area contributed by atoms with Gasteiger partial charge < -0.3 is 20.3 Å². The van der Waals surface area contributed by atoms with Crippen LogP contribution >= 0.6 is 0 Å². The number of rotatable bonds is 10. The summed E-state index contributed by atoms with van der Waals surface area (Å²) in [5, 5.41) is 5.84. The van der Waals surface area contributed by atoms with Crippen LogP contribution in [-0.4, -0.2) is 47.0 Å². The van der Waals surface area contributed by atoms with Crippen LogP contribution in [0.3, 0.4) is 0 Å². The molecule has 2 unspecified atom stereocenters. The van der Waals surface area contributed by atoms with Gasteiger partial charge >= 0.3 is 6.09 Å². The zero-order chi connectivity index (χ0) is 26.9. The first kappa shape index (κ1) is 29.7. The minimum Gasteiger partial charge on any atom is -0.444 e. The number of nitrogens with zero attached hydrogens (tertiary/aromatic N) is 1. The summed E-state index contributed by atoms with van der Waals surface area (Å²) < 4.78 is 5.32. The first-order valence-electron chi connectivity index (χ1n) is 13.5. The molecule has 3 amide bonds. The number of carbonyl (C=O) groups is 3. The maximum atomic E-state index is 13.8. The number of ether oxygens (including phenoxy) is 1. The van der Waals surface area contributed by atoms with Crippen LogP contribution in [0.25, 0.3) is 0 Å². The Labute approximate surface area is 217 Å². The van der Waals surface area contributed by atoms with E-state index in [0.29, 0.717) is 5.92 Å². The number of carbonyl (C=O) groups excluding carboxylic acids is 3. The SMILES string of the molecule is Cc1cccc(C(C(=O)NC2CCCCC2)N(C(=O)CNC(=O)OC(C)(C)C)C(C)CCC(C)C)c1. The smallest absolute Gasteiger partial charge is 0.408 e. The summed E-state index contributed by atoms with van der Waals surface area (Å²) >= 11 is 0. The van der Waals surface area contributed by atoms with Crippen molar-refractivity contribution in [3.63, 3.8) is 0 Å². The third-order valence-corrected chi connectivity index (χ3v) is 6.54. The highest BCUT2D eigenvalue weighted by Crippen LogP contribution is 2.28. The summed E-state index contributed by atoms with van der Waals surface area (Å²) in [7, 11) is 0. The predicted molar refractivity (Wildman–Crippen MR) is 144 cm³/mol. The molecule has 0 aliphatic heterocycles. The zero-order valence-electron chi connectivity index (χ0n) is 23.4. The fourth-order valence-corrected chi connectivity index (χ4v) is 4.72. The number of amides is 3. The van der Waals surface area contributed by atoms with Crippen molar-refractivity contribution in [2.75, 3.05) is 6.54 Å². The molecule has 1 aliphatic carbocycles. The van der Waals surface area contributed by atoms with Gasteiger partial charge in [0.1, 0.15) is 18.2 Å². The van der Waals surface area contributed by atoms with Crippen LogP contribution in [0.4, 0.5) is 4.79 Å². The van der Waals surface area contributed by atoms with E-state index in [2.05, 4.69) is 24.5 Å². The molecule has 0 bridgehead atoms. The molecule has 2 atom stereocenters. The summed E-state index contributed by atoms with van der Waals surface area (Å²) in [4.78, 5) is 41.4. The van der Waals surface area contributed by atoms with Crippen LogP contribution in [0, 0.1) is 12.8 Å². The van der Waals surface area contributed by atoms with Crippen molar-refractivity contribution in [2.24, 2.45) is 5.92 Å². The number of alkyl carbamates (subject to hydrolysis) is 1. The molecule has 7 nitrogen and oxygen atoms in total. The van der Waals surface area contributed by atoms with Crippen LogP contribution in [0.5, 0.6) is 0 Å². The quantitative estimate of drug-likeness (QED) is 0.433. The summed E-state index contributed by atoms with van der Waals surface area (Å²) in [6.45, 7) is 13.4. The van der Waals surface area contributed by atoms with E-state index in [4.69, 9.17) is 4.74 Å². The highest BCUT2D eigenvalue weighted by molar-refractivity contribution is 5.90. The minimum atomic E-state index is -0.776. The molecule has 0 heterocycles. The molecule has 2 N–H and O–H groups in total. The normalized spacial score (nSPS) is 16.2. The van der Waals surface area contributed by atoms with Crippen LogP contribution in [0.2, 0.25) is 0 Å². The predicted octanol–water partition coefficient (Wildman–Crippen LogP) is 5.66. The van der Waals surface area contributed by atoms with Crippen molar-refractivity contribution in [1.29, 1.82) is 0 Å². The van der Waals surface area contributed by atoms with Crippen molar-refractivity contribution < 1.29 is 19.1 Å². The summed E-state index contributed by atoms with van der Waals surface area (Å²) in [5.41, 5.74) is 1.14. The first-order chi connectivity index (χ1) is 16.9. The first-order valence-corrected chi connectivity index (χ1v) is 13.5. The van der Waals surface area contributed by atoms with Gasteiger partial charge in [0.25, 0.3) is 0 Å². The number of hydrogen-bond donors (Lipinski definition) is 2. The molecule has 0 saturated heterocycles. The number of benzene rings is 1. The highest BCUT2D eigenvalue weighted by Gasteiger charge is 2.36. The van der Waals surface area contributed by atoms with Gasteiger partial charge in [0.15, 0.2) is 0 Å². The Morgan fingerprint density at radius 1 is 1.06 bits per heavy atom. The Balaban J connectivity index is 2.36. The second-order valence-electron chi connectivity index (χ2n) is 11.6. The molecule has 36 heavy (non-hydrogen) atoms. The van der Waals surface area contributed by atoms with Crippen molar-refractivity contribution in [3.8, 4) is 0 Å². The van der Waals surface area contributed by atoms with Crippen molar-refractivity contribution in [1.82, 2.24) is 15.5 Å². The zero-order valence-corrected chi connectivity index (χ0v) is 23.4. The average molecular weight is 502 g/mol. The lowest BCUT2D eigenvalue weighted by Gasteiger charge is -2.38. The molecule has 0 spiro atoms. The van der Waals surface area contributed by atoms with Crippen LogP contribution in [-0.2, 0) is 14.3 Å². The Morgan fingerprint density at radius 2 is 1.72 bits per heavy atom. The lowest BCUT2D eigenvalue weighted by atomic mass is 9.93. The van der Waals surface area contributed by atoms with Crippen molar-refractivity contribution in [3.05, 3.63) is 35.4 Å². The van der Waals surface area contributed by atoms with Crippen LogP contribution < -0.4 is 10.6 Å². The molecule has 2 rings (SSSR count). The van der Waals surface area contributed by atoms with Gasteiger partial charge in [0, 0.05) is 12.1 Å². The topological polar surface area (TPSA) is 87.7 Å². The van der Waals surface area contributed by atoms with E-state index in [-0.39, 0.29) is 30.4 Å². The van der Waals surface area contributed by atoms with Gasteiger partial charge in [-0.05, 0) is 71.8 Å². The van der Waals surface area contributed by atoms with E-state index in [9.17, 15) is 14.4 Å². The molecule has 1 aliphatic rings. The standard InChI is InChI=1S/C29H47N3O4/c1-20(2)16-17-22(4)32(25(33)19-30-28(35)36-29(5,6)7)26(23-13-11-12-21(3)18-23)27(34)31-24-14-9-8-10-15-24/h11-13,18,20,22,24,26H,8-10,14-17,19H2,1-7H3,(H,30,35)(H,31,34). The molecule has 1 aromatic rings. The van der Waals surface area contributed by atoms with E-state index in [1.165, 1.54) is 6.42 Å². The third-order valence-electron chi connectivity index (χ3n) is 6.54. The maximum absolute atomic E-state index is 13.8. The molecule has 1 saturated carbocycles. The minimum absolute atomic E-state index is 0.126. The van der Waals surface area contributed by atoms with E-state index in [0.717, 1.165) is 49.7 Å². The molecular formula is C29H47N3O4. The van der Waals surface area contributed by atoms with Gasteiger partial charge in [0.05, 0.1) is 0 Å². The lowest BCUT2D eigenvalue weighted by Crippen LogP contribution is -2.52. The number of aryl methyl sites for hydroxylation is 1. The van der Waals surface area contributed by atoms with E-state index in [1.54, 1.807) is 25.7 Å². The largest absolute Gasteiger partial charge is 0.444 e. The van der Waals surface area contributed by atoms with Gasteiger partial charge in [-0.15, -0.1) is 0 Å². The summed E-state index contributed by atoms with van der Waals surface area (Å²) in [6, 6.07) is 6.95. The Bertz CT molecular complexity index is 872. The van der Waals surface area contributed by atoms with Crippen molar-refractivity contribution in [2.45, 2.75) is 117 Å². The van der Waals surface area contributed by atoms with Crippen LogP contribution in [0.15, 0.2) is 24.3 Å². The van der Waals surface area contributed by atoms with Gasteiger partial charge in [-0.1, -0.05) is 62.9 Å². The van der Waals surface area contributed by atoms with Gasteiger partial charge in [-0.25, -0.2) is 4.79 Å². The Kier molecular flexibility index (Phi) is 11.3. The fourth-order valence-electron chi connectivity index (χ4n) is 4.72. The number of hydrogen-bond acceptors (Lipinski definition) is 4. The highest BCUT2D eigenvalue weighted by atomic mass is 16.6. The Hall–Kier alpha value is -2.57. The summed E-state index contributed by atoms with van der Waals surface area (Å²) in [5.74, 6) is 0.00899. The Morgan fingerprint density at radius 3 is 2.31 bits per heavy atom. The van der Waals surface area contributed by atoms with Gasteiger partial charge in [-0.3, -0.25) is 9.59 Å². The maximum Gasteiger partial charge on any atom is 0.408 e. The molecule has 0 aromatic heterocycles. The molecule has 0 radical (unpaired) electrons. The van der Waals surface area contributed by atoms with E-state index < -0.39 is 17.7 Å².